The minimum atomic E-state index is -3.73. The van der Waals surface area contributed by atoms with E-state index < -0.39 is 21.2 Å². The standard InChI is InChI=1S/C20H23ClN2O5S2/c1-13(29-12-14-5-7-15(8-6-14)20(25)28-4)19(24)22-16-9-10-17(21)18(11-16)30(26,27)23(2)3/h5-11,13H,12H2,1-4H3,(H,22,24)/t13-/m1/s1. The third kappa shape index (κ3) is 5.98. The molecular weight excluding hydrogens is 448 g/mol. The van der Waals surface area contributed by atoms with Gasteiger partial charge in [-0.3, -0.25) is 4.79 Å². The summed E-state index contributed by atoms with van der Waals surface area (Å²) >= 11 is 7.44. The van der Waals surface area contributed by atoms with Crippen LogP contribution in [-0.4, -0.2) is 51.1 Å². The second-order valence-electron chi connectivity index (χ2n) is 6.56. The predicted octanol–water partition coefficient (Wildman–Crippen LogP) is 3.64. The molecule has 2 rings (SSSR count). The number of anilines is 1. The summed E-state index contributed by atoms with van der Waals surface area (Å²) in [6.07, 6.45) is 0. The first-order valence-corrected chi connectivity index (χ1v) is 11.7. The fourth-order valence-electron chi connectivity index (χ4n) is 2.37. The molecular formula is C20H23ClN2O5S2. The number of methoxy groups -OCH3 is 1. The number of rotatable bonds is 8. The molecule has 0 aromatic heterocycles. The molecule has 2 aromatic rings. The van der Waals surface area contributed by atoms with E-state index in [1.54, 1.807) is 25.1 Å². The van der Waals surface area contributed by atoms with Crippen LogP contribution in [-0.2, 0) is 25.3 Å². The second-order valence-corrected chi connectivity index (χ2v) is 10.4. The van der Waals surface area contributed by atoms with Crippen LogP contribution in [0.1, 0.15) is 22.8 Å². The van der Waals surface area contributed by atoms with E-state index in [2.05, 4.69) is 10.1 Å². The van der Waals surface area contributed by atoms with Crippen molar-refractivity contribution in [3.8, 4) is 0 Å². The molecule has 30 heavy (non-hydrogen) atoms. The number of nitrogens with zero attached hydrogens (tertiary/aromatic N) is 1. The first kappa shape index (κ1) is 24.2. The van der Waals surface area contributed by atoms with Gasteiger partial charge in [0.15, 0.2) is 0 Å². The first-order valence-electron chi connectivity index (χ1n) is 8.88. The van der Waals surface area contributed by atoms with Crippen LogP contribution in [0, 0.1) is 0 Å². The molecule has 0 saturated heterocycles. The van der Waals surface area contributed by atoms with Crippen molar-refractivity contribution in [2.24, 2.45) is 0 Å². The quantitative estimate of drug-likeness (QED) is 0.592. The van der Waals surface area contributed by atoms with Crippen LogP contribution >= 0.6 is 23.4 Å². The molecule has 0 aliphatic carbocycles. The largest absolute Gasteiger partial charge is 0.465 e. The van der Waals surface area contributed by atoms with E-state index >= 15 is 0 Å². The zero-order chi connectivity index (χ0) is 22.5. The molecule has 2 aromatic carbocycles. The van der Waals surface area contributed by atoms with Gasteiger partial charge in [0.1, 0.15) is 4.90 Å². The molecule has 10 heteroatoms. The number of thioether (sulfide) groups is 1. The van der Waals surface area contributed by atoms with E-state index in [0.717, 1.165) is 9.87 Å². The molecule has 162 valence electrons. The van der Waals surface area contributed by atoms with Gasteiger partial charge < -0.3 is 10.1 Å². The monoisotopic (exact) mass is 470 g/mol. The number of sulfonamides is 1. The highest BCUT2D eigenvalue weighted by Crippen LogP contribution is 2.27. The lowest BCUT2D eigenvalue weighted by Crippen LogP contribution is -2.24. The van der Waals surface area contributed by atoms with Gasteiger partial charge in [-0.1, -0.05) is 23.7 Å². The predicted molar refractivity (Wildman–Crippen MR) is 119 cm³/mol. The van der Waals surface area contributed by atoms with Crippen molar-refractivity contribution in [2.75, 3.05) is 26.5 Å². The van der Waals surface area contributed by atoms with Crippen LogP contribution in [0.4, 0.5) is 5.69 Å². The molecule has 0 aliphatic rings. The number of amides is 1. The molecule has 0 bridgehead atoms. The number of carbonyl (C=O) groups is 2. The molecule has 0 aliphatic heterocycles. The van der Waals surface area contributed by atoms with Crippen molar-refractivity contribution in [2.45, 2.75) is 22.8 Å². The minimum Gasteiger partial charge on any atom is -0.465 e. The minimum absolute atomic E-state index is 0.0713. The number of hydrogen-bond acceptors (Lipinski definition) is 6. The molecule has 1 N–H and O–H groups in total. The van der Waals surface area contributed by atoms with Crippen LogP contribution in [0.25, 0.3) is 0 Å². The third-order valence-corrected chi connectivity index (χ3v) is 7.71. The molecule has 0 saturated carbocycles. The van der Waals surface area contributed by atoms with Crippen LogP contribution in [0.3, 0.4) is 0 Å². The van der Waals surface area contributed by atoms with Gasteiger partial charge in [-0.05, 0) is 42.8 Å². The fraction of sp³-hybridized carbons (Fsp3) is 0.300. The molecule has 1 amide bonds. The number of ether oxygens (including phenoxy) is 1. The number of carbonyl (C=O) groups excluding carboxylic acids is 2. The van der Waals surface area contributed by atoms with Gasteiger partial charge in [0.05, 0.1) is 22.9 Å². The summed E-state index contributed by atoms with van der Waals surface area (Å²) in [6.45, 7) is 1.76. The number of nitrogens with one attached hydrogen (secondary N) is 1. The number of esters is 1. The molecule has 0 fully saturated rings. The van der Waals surface area contributed by atoms with Gasteiger partial charge >= 0.3 is 5.97 Å². The molecule has 0 radical (unpaired) electrons. The van der Waals surface area contributed by atoms with Crippen molar-refractivity contribution >= 4 is 50.9 Å². The average Bonchev–Trinajstić information content (AvgIpc) is 2.72. The maximum absolute atomic E-state index is 12.5. The van der Waals surface area contributed by atoms with E-state index in [1.165, 1.54) is 45.1 Å². The Balaban J connectivity index is 2.01. The Kier molecular flexibility index (Phi) is 8.31. The Morgan fingerprint density at radius 1 is 1.17 bits per heavy atom. The molecule has 7 nitrogen and oxygen atoms in total. The Morgan fingerprint density at radius 3 is 2.37 bits per heavy atom. The van der Waals surface area contributed by atoms with E-state index in [9.17, 15) is 18.0 Å². The van der Waals surface area contributed by atoms with Crippen LogP contribution in [0.5, 0.6) is 0 Å². The first-order chi connectivity index (χ1) is 14.1. The zero-order valence-electron chi connectivity index (χ0n) is 17.0. The smallest absolute Gasteiger partial charge is 0.337 e. The second kappa shape index (κ2) is 10.3. The van der Waals surface area contributed by atoms with Crippen LogP contribution in [0.2, 0.25) is 5.02 Å². The van der Waals surface area contributed by atoms with E-state index in [0.29, 0.717) is 17.0 Å². The van der Waals surface area contributed by atoms with E-state index in [4.69, 9.17) is 11.6 Å². The maximum Gasteiger partial charge on any atom is 0.337 e. The SMILES string of the molecule is COC(=O)c1ccc(CS[C@H](C)C(=O)Nc2ccc(Cl)c(S(=O)(=O)N(C)C)c2)cc1. The van der Waals surface area contributed by atoms with Gasteiger partial charge in [-0.2, -0.15) is 0 Å². The Labute approximate surface area is 185 Å². The summed E-state index contributed by atoms with van der Waals surface area (Å²) in [5.74, 6) is -0.0982. The van der Waals surface area contributed by atoms with Crippen molar-refractivity contribution in [3.05, 3.63) is 58.6 Å². The van der Waals surface area contributed by atoms with Crippen LogP contribution in [0.15, 0.2) is 47.4 Å². The number of benzene rings is 2. The van der Waals surface area contributed by atoms with Crippen molar-refractivity contribution in [1.29, 1.82) is 0 Å². The summed E-state index contributed by atoms with van der Waals surface area (Å²) in [4.78, 5) is 23.9. The van der Waals surface area contributed by atoms with E-state index in [-0.39, 0.29) is 15.8 Å². The summed E-state index contributed by atoms with van der Waals surface area (Å²) in [5, 5.41) is 2.41. The highest BCUT2D eigenvalue weighted by atomic mass is 35.5. The van der Waals surface area contributed by atoms with Crippen molar-refractivity contribution in [3.63, 3.8) is 0 Å². The molecule has 1 atom stereocenters. The average molecular weight is 471 g/mol. The summed E-state index contributed by atoms with van der Waals surface area (Å²) in [5.41, 5.74) is 1.76. The van der Waals surface area contributed by atoms with Crippen molar-refractivity contribution < 1.29 is 22.7 Å². The zero-order valence-corrected chi connectivity index (χ0v) is 19.4. The van der Waals surface area contributed by atoms with E-state index in [1.807, 2.05) is 12.1 Å². The van der Waals surface area contributed by atoms with Gasteiger partial charge in [0.25, 0.3) is 0 Å². The highest BCUT2D eigenvalue weighted by molar-refractivity contribution is 7.99. The molecule has 0 heterocycles. The molecule has 0 spiro atoms. The fourth-order valence-corrected chi connectivity index (χ4v) is 4.61. The Bertz CT molecular complexity index is 1020. The van der Waals surface area contributed by atoms with Crippen LogP contribution < -0.4 is 5.32 Å². The number of halogens is 1. The lowest BCUT2D eigenvalue weighted by atomic mass is 10.1. The van der Waals surface area contributed by atoms with Gasteiger partial charge in [-0.15, -0.1) is 11.8 Å². The van der Waals surface area contributed by atoms with Gasteiger partial charge in [0, 0.05) is 25.5 Å². The van der Waals surface area contributed by atoms with Crippen molar-refractivity contribution in [1.82, 2.24) is 4.31 Å². The maximum atomic E-state index is 12.5. The lowest BCUT2D eigenvalue weighted by molar-refractivity contribution is -0.115. The summed E-state index contributed by atoms with van der Waals surface area (Å²) in [7, 11) is 0.413. The topological polar surface area (TPSA) is 92.8 Å². The van der Waals surface area contributed by atoms with Gasteiger partial charge in [0.2, 0.25) is 15.9 Å². The normalized spacial score (nSPS) is 12.5. The Hall–Kier alpha value is -2.07. The summed E-state index contributed by atoms with van der Waals surface area (Å²) < 4.78 is 30.5. The lowest BCUT2D eigenvalue weighted by Gasteiger charge is -2.16. The third-order valence-electron chi connectivity index (χ3n) is 4.20. The summed E-state index contributed by atoms with van der Waals surface area (Å²) in [6, 6.07) is 11.3. The number of hydrogen-bond donors (Lipinski definition) is 1. The molecule has 0 unspecified atom stereocenters. The highest BCUT2D eigenvalue weighted by Gasteiger charge is 2.22. The van der Waals surface area contributed by atoms with Gasteiger partial charge in [-0.25, -0.2) is 17.5 Å². The Morgan fingerprint density at radius 2 is 1.80 bits per heavy atom.